The molecule has 0 unspecified atom stereocenters. The van der Waals surface area contributed by atoms with Gasteiger partial charge >= 0.3 is 6.18 Å². The van der Waals surface area contributed by atoms with Gasteiger partial charge in [0.15, 0.2) is 5.01 Å². The maximum Gasteiger partial charge on any atom is 0.443 e. The zero-order chi connectivity index (χ0) is 19.8. The van der Waals surface area contributed by atoms with E-state index in [0.29, 0.717) is 37.6 Å². The number of carbonyl (C=O) groups excluding carboxylic acids is 1. The molecule has 4 nitrogen and oxygen atoms in total. The molecule has 0 fully saturated rings. The van der Waals surface area contributed by atoms with Gasteiger partial charge in [0.1, 0.15) is 0 Å². The summed E-state index contributed by atoms with van der Waals surface area (Å²) in [6.45, 7) is 0. The number of fused-ring (bicyclic) bond motifs is 1. The highest BCUT2D eigenvalue weighted by Crippen LogP contribution is 2.43. The molecule has 0 bridgehead atoms. The monoisotopic (exact) mass is 407 g/mol. The summed E-state index contributed by atoms with van der Waals surface area (Å²) in [7, 11) is 3.20. The van der Waals surface area contributed by atoms with E-state index in [1.807, 2.05) is 6.07 Å². The lowest BCUT2D eigenvalue weighted by atomic mass is 10.0. The normalized spacial score (nSPS) is 11.4. The maximum absolute atomic E-state index is 13.1. The molecule has 0 aliphatic heterocycles. The van der Waals surface area contributed by atoms with Crippen LogP contribution in [-0.2, 0) is 6.18 Å². The molecular formula is C18H12F3N3OS2. The third-order valence-electron chi connectivity index (χ3n) is 3.63. The highest BCUT2D eigenvalue weighted by atomic mass is 32.2. The maximum atomic E-state index is 13.1. The molecule has 0 aliphatic carbocycles. The number of thioether (sulfide) groups is 1. The SMILES string of the molecule is CN(C)C(=O)Sc1ccc2nc(C(F)(F)F)sc2c1-c1ccc(C#N)cc1. The number of hydrogen-bond donors (Lipinski definition) is 0. The predicted octanol–water partition coefficient (Wildman–Crippen LogP) is 5.63. The molecule has 1 heterocycles. The number of alkyl halides is 3. The molecule has 0 saturated carbocycles. The smallest absolute Gasteiger partial charge is 0.339 e. The topological polar surface area (TPSA) is 57.0 Å². The second-order valence-corrected chi connectivity index (χ2v) is 7.75. The van der Waals surface area contributed by atoms with Crippen LogP contribution in [0.15, 0.2) is 41.3 Å². The molecule has 0 saturated heterocycles. The van der Waals surface area contributed by atoms with E-state index in [2.05, 4.69) is 4.98 Å². The molecule has 9 heteroatoms. The van der Waals surface area contributed by atoms with E-state index in [-0.39, 0.29) is 10.8 Å². The minimum absolute atomic E-state index is 0.216. The van der Waals surface area contributed by atoms with Gasteiger partial charge in [-0.1, -0.05) is 12.1 Å². The fraction of sp³-hybridized carbons (Fsp3) is 0.167. The van der Waals surface area contributed by atoms with E-state index >= 15 is 0 Å². The van der Waals surface area contributed by atoms with Crippen LogP contribution in [0.4, 0.5) is 18.0 Å². The number of carbonyl (C=O) groups is 1. The van der Waals surface area contributed by atoms with Gasteiger partial charge in [0.2, 0.25) is 0 Å². The Balaban J connectivity index is 2.24. The van der Waals surface area contributed by atoms with E-state index in [0.717, 1.165) is 11.8 Å². The van der Waals surface area contributed by atoms with Crippen molar-refractivity contribution in [3.63, 3.8) is 0 Å². The van der Waals surface area contributed by atoms with Crippen LogP contribution in [0.25, 0.3) is 21.3 Å². The zero-order valence-corrected chi connectivity index (χ0v) is 15.8. The van der Waals surface area contributed by atoms with Gasteiger partial charge in [0.05, 0.1) is 21.8 Å². The number of benzene rings is 2. The predicted molar refractivity (Wildman–Crippen MR) is 99.7 cm³/mol. The Hall–Kier alpha value is -2.57. The van der Waals surface area contributed by atoms with Gasteiger partial charge in [0, 0.05) is 24.6 Å². The average Bonchev–Trinajstić information content (AvgIpc) is 3.06. The van der Waals surface area contributed by atoms with Gasteiger partial charge in [-0.2, -0.15) is 18.4 Å². The molecule has 3 aromatic rings. The van der Waals surface area contributed by atoms with Crippen molar-refractivity contribution in [2.75, 3.05) is 14.1 Å². The zero-order valence-electron chi connectivity index (χ0n) is 14.2. The Morgan fingerprint density at radius 2 is 1.85 bits per heavy atom. The van der Waals surface area contributed by atoms with Gasteiger partial charge in [0.25, 0.3) is 5.24 Å². The van der Waals surface area contributed by atoms with Crippen LogP contribution in [0.2, 0.25) is 0 Å². The van der Waals surface area contributed by atoms with Crippen molar-refractivity contribution in [1.29, 1.82) is 5.26 Å². The van der Waals surface area contributed by atoms with Crippen molar-refractivity contribution in [2.24, 2.45) is 0 Å². The number of rotatable bonds is 2. The number of nitriles is 1. The summed E-state index contributed by atoms with van der Waals surface area (Å²) in [5, 5.41) is 7.78. The van der Waals surface area contributed by atoms with Crippen LogP contribution in [0, 0.1) is 11.3 Å². The van der Waals surface area contributed by atoms with Gasteiger partial charge < -0.3 is 4.90 Å². The van der Waals surface area contributed by atoms with Crippen LogP contribution in [0.1, 0.15) is 10.6 Å². The first-order valence-electron chi connectivity index (χ1n) is 7.61. The molecule has 1 aromatic heterocycles. The number of halogens is 3. The van der Waals surface area contributed by atoms with Gasteiger partial charge in [-0.25, -0.2) is 4.98 Å². The lowest BCUT2D eigenvalue weighted by molar-refractivity contribution is -0.137. The first kappa shape index (κ1) is 19.2. The third-order valence-corrected chi connectivity index (χ3v) is 5.86. The Kier molecular flexibility index (Phi) is 5.13. The molecule has 2 aromatic carbocycles. The molecule has 0 N–H and O–H groups in total. The van der Waals surface area contributed by atoms with Crippen LogP contribution in [-0.4, -0.2) is 29.2 Å². The second-order valence-electron chi connectivity index (χ2n) is 5.76. The molecule has 0 aliphatic rings. The minimum Gasteiger partial charge on any atom is -0.339 e. The van der Waals surface area contributed by atoms with Crippen molar-refractivity contribution in [2.45, 2.75) is 11.1 Å². The van der Waals surface area contributed by atoms with Crippen molar-refractivity contribution in [1.82, 2.24) is 9.88 Å². The molecule has 0 radical (unpaired) electrons. The third kappa shape index (κ3) is 3.91. The number of hydrogen-bond acceptors (Lipinski definition) is 5. The largest absolute Gasteiger partial charge is 0.443 e. The summed E-state index contributed by atoms with van der Waals surface area (Å²) in [5.74, 6) is 0. The quantitative estimate of drug-likeness (QED) is 0.517. The summed E-state index contributed by atoms with van der Waals surface area (Å²) < 4.78 is 39.7. The number of aromatic nitrogens is 1. The highest BCUT2D eigenvalue weighted by Gasteiger charge is 2.35. The summed E-state index contributed by atoms with van der Waals surface area (Å²) in [6, 6.07) is 11.6. The number of thiazole rings is 1. The minimum atomic E-state index is -4.54. The summed E-state index contributed by atoms with van der Waals surface area (Å²) in [4.78, 5) is 17.8. The first-order chi connectivity index (χ1) is 12.7. The van der Waals surface area contributed by atoms with Crippen molar-refractivity contribution in [3.05, 3.63) is 47.0 Å². The molecule has 3 rings (SSSR count). The second kappa shape index (κ2) is 7.21. The standard InChI is InChI=1S/C18H12F3N3OS2/c1-24(2)17(25)26-13-8-7-12-15(27-16(23-12)18(19,20)21)14(13)11-5-3-10(9-22)4-6-11/h3-8H,1-2H3. The average molecular weight is 407 g/mol. The van der Waals surface area contributed by atoms with Crippen molar-refractivity contribution >= 4 is 38.6 Å². The molecule has 27 heavy (non-hydrogen) atoms. The Bertz CT molecular complexity index is 1050. The molecule has 0 atom stereocenters. The molecule has 0 spiro atoms. The Labute approximate surface area is 161 Å². The van der Waals surface area contributed by atoms with Gasteiger partial charge in [-0.3, -0.25) is 4.79 Å². The lowest BCUT2D eigenvalue weighted by Crippen LogP contribution is -2.16. The molecular weight excluding hydrogens is 395 g/mol. The van der Waals surface area contributed by atoms with Gasteiger partial charge in [-0.05, 0) is 41.6 Å². The summed E-state index contributed by atoms with van der Waals surface area (Å²) in [5.41, 5.74) is 1.77. The van der Waals surface area contributed by atoms with E-state index in [4.69, 9.17) is 5.26 Å². The van der Waals surface area contributed by atoms with Gasteiger partial charge in [-0.15, -0.1) is 11.3 Å². The van der Waals surface area contributed by atoms with Crippen molar-refractivity contribution in [3.8, 4) is 17.2 Å². The van der Waals surface area contributed by atoms with Crippen molar-refractivity contribution < 1.29 is 18.0 Å². The number of nitrogens with zero attached hydrogens (tertiary/aromatic N) is 3. The fourth-order valence-corrected chi connectivity index (χ4v) is 4.24. The highest BCUT2D eigenvalue weighted by molar-refractivity contribution is 8.13. The van der Waals surface area contributed by atoms with Crippen LogP contribution in [0.3, 0.4) is 0 Å². The summed E-state index contributed by atoms with van der Waals surface area (Å²) >= 11 is 1.48. The number of amides is 1. The van der Waals surface area contributed by atoms with Crippen LogP contribution in [0.5, 0.6) is 0 Å². The van der Waals surface area contributed by atoms with Crippen LogP contribution >= 0.6 is 23.1 Å². The first-order valence-corrected chi connectivity index (χ1v) is 9.24. The van der Waals surface area contributed by atoms with E-state index in [1.165, 1.54) is 11.0 Å². The van der Waals surface area contributed by atoms with E-state index in [1.54, 1.807) is 44.4 Å². The molecule has 138 valence electrons. The lowest BCUT2D eigenvalue weighted by Gasteiger charge is -2.13. The fourth-order valence-electron chi connectivity index (χ4n) is 2.35. The Morgan fingerprint density at radius 1 is 1.19 bits per heavy atom. The van der Waals surface area contributed by atoms with E-state index in [9.17, 15) is 18.0 Å². The van der Waals surface area contributed by atoms with E-state index < -0.39 is 11.2 Å². The van der Waals surface area contributed by atoms with Crippen LogP contribution < -0.4 is 0 Å². The Morgan fingerprint density at radius 3 is 2.41 bits per heavy atom. The molecule has 1 amide bonds. The summed E-state index contributed by atoms with van der Waals surface area (Å²) in [6.07, 6.45) is -4.54.